The predicted octanol–water partition coefficient (Wildman–Crippen LogP) is 8.82. The summed E-state index contributed by atoms with van der Waals surface area (Å²) in [6.45, 7) is 4.58. The zero-order valence-electron chi connectivity index (χ0n) is 30.4. The first kappa shape index (κ1) is 37.4. The topological polar surface area (TPSA) is 88.1 Å². The highest BCUT2D eigenvalue weighted by Crippen LogP contribution is 2.42. The first-order chi connectivity index (χ1) is 26.4. The van der Waals surface area contributed by atoms with E-state index in [1.807, 2.05) is 84.9 Å². The van der Waals surface area contributed by atoms with Crippen LogP contribution in [0.5, 0.6) is 0 Å². The van der Waals surface area contributed by atoms with E-state index in [1.165, 1.54) is 11.1 Å². The van der Waals surface area contributed by atoms with Gasteiger partial charge in [0.1, 0.15) is 0 Å². The van der Waals surface area contributed by atoms with Gasteiger partial charge in [0.25, 0.3) is 0 Å². The van der Waals surface area contributed by atoms with Crippen LogP contribution in [0.15, 0.2) is 169 Å². The number of nitrogens with zero attached hydrogens (tertiary/aromatic N) is 1. The van der Waals surface area contributed by atoms with Gasteiger partial charge in [0.15, 0.2) is 6.29 Å². The van der Waals surface area contributed by atoms with Crippen molar-refractivity contribution < 1.29 is 23.0 Å². The highest BCUT2D eigenvalue weighted by atomic mass is 32.2. The molecule has 7 nitrogen and oxygen atoms in total. The average Bonchev–Trinajstić information content (AvgIpc) is 3.22. The first-order valence-corrected chi connectivity index (χ1v) is 19.9. The van der Waals surface area contributed by atoms with Gasteiger partial charge >= 0.3 is 0 Å². The molecular weight excluding hydrogens is 693 g/mol. The van der Waals surface area contributed by atoms with Crippen LogP contribution >= 0.6 is 0 Å². The van der Waals surface area contributed by atoms with Crippen LogP contribution in [0.2, 0.25) is 0 Å². The number of aliphatic hydroxyl groups is 1. The van der Waals surface area contributed by atoms with Gasteiger partial charge in [0.2, 0.25) is 10.0 Å². The Hall–Kier alpha value is -4.93. The fourth-order valence-electron chi connectivity index (χ4n) is 7.08. The van der Waals surface area contributed by atoms with Crippen molar-refractivity contribution in [3.05, 3.63) is 197 Å². The van der Waals surface area contributed by atoms with Crippen molar-refractivity contribution in [2.45, 2.75) is 56.6 Å². The molecule has 1 fully saturated rings. The van der Waals surface area contributed by atoms with Crippen LogP contribution in [0.25, 0.3) is 11.1 Å². The Kier molecular flexibility index (Phi) is 12.1. The lowest BCUT2D eigenvalue weighted by Gasteiger charge is -2.43. The molecule has 1 heterocycles. The second-order valence-corrected chi connectivity index (χ2v) is 15.6. The molecule has 54 heavy (non-hydrogen) atoms. The van der Waals surface area contributed by atoms with Crippen molar-refractivity contribution in [1.29, 1.82) is 0 Å². The molecule has 0 bridgehead atoms. The van der Waals surface area contributed by atoms with E-state index in [1.54, 1.807) is 30.3 Å². The minimum atomic E-state index is -3.66. The van der Waals surface area contributed by atoms with E-state index < -0.39 is 16.3 Å². The molecule has 0 aromatic heterocycles. The lowest BCUT2D eigenvalue weighted by molar-refractivity contribution is -0.276. The minimum Gasteiger partial charge on any atom is -0.392 e. The molecule has 1 aliphatic rings. The monoisotopic (exact) mass is 738 g/mol. The maximum Gasteiger partial charge on any atom is 0.240 e. The average molecular weight is 739 g/mol. The molecule has 0 amide bonds. The number of ether oxygens (including phenoxy) is 2. The summed E-state index contributed by atoms with van der Waals surface area (Å²) < 4.78 is 42.4. The summed E-state index contributed by atoms with van der Waals surface area (Å²) in [5.74, 6) is 0.0288. The van der Waals surface area contributed by atoms with Crippen molar-refractivity contribution >= 4 is 10.0 Å². The standard InChI is InChI=1S/C46H46N2O5S/c1-34-44(32-48(30-35-13-5-2-6-14-35)31-36-15-7-3-8-16-36)52-46(53-45(34)39-23-21-37(33-49)22-24-39)40-27-25-38(26-28-40)43-20-12-11-17-41(43)29-47-54(50,51)42-18-9-4-10-19-42/h2-28,34,44-47,49H,29-33H2,1H3/t34-,44+,45+,46+/m0/s1. The van der Waals surface area contributed by atoms with Gasteiger partial charge in [-0.3, -0.25) is 4.90 Å². The fraction of sp³-hybridized carbons (Fsp3) is 0.217. The molecule has 4 atom stereocenters. The Balaban J connectivity index is 1.14. The van der Waals surface area contributed by atoms with Crippen LogP contribution in [0, 0.1) is 5.92 Å². The minimum absolute atomic E-state index is 0.0158. The van der Waals surface area contributed by atoms with E-state index in [0.717, 1.165) is 46.5 Å². The van der Waals surface area contributed by atoms with Crippen LogP contribution in [-0.2, 0) is 45.7 Å². The van der Waals surface area contributed by atoms with Gasteiger partial charge in [-0.25, -0.2) is 13.1 Å². The second kappa shape index (κ2) is 17.5. The number of sulfonamides is 1. The van der Waals surface area contributed by atoms with E-state index in [0.29, 0.717) is 6.54 Å². The SMILES string of the molecule is C[C@H]1[C@@H](CN(Cc2ccccc2)Cc2ccccc2)O[C@@H](c2ccc(-c3ccccc3CNS(=O)(=O)c3ccccc3)cc2)O[C@H]1c1ccc(CO)cc1. The number of rotatable bonds is 14. The Labute approximate surface area is 318 Å². The summed E-state index contributed by atoms with van der Waals surface area (Å²) in [6, 6.07) is 53.5. The number of nitrogens with one attached hydrogen (secondary N) is 1. The summed E-state index contributed by atoms with van der Waals surface area (Å²) >= 11 is 0. The molecule has 6 aromatic carbocycles. The maximum absolute atomic E-state index is 13.0. The fourth-order valence-corrected chi connectivity index (χ4v) is 8.11. The van der Waals surface area contributed by atoms with Crippen LogP contribution in [-0.4, -0.2) is 31.1 Å². The molecule has 0 unspecified atom stereocenters. The second-order valence-electron chi connectivity index (χ2n) is 13.9. The van der Waals surface area contributed by atoms with E-state index in [-0.39, 0.29) is 36.2 Å². The third-order valence-electron chi connectivity index (χ3n) is 10.1. The van der Waals surface area contributed by atoms with Gasteiger partial charge in [0.05, 0.1) is 23.7 Å². The Morgan fingerprint density at radius 1 is 0.630 bits per heavy atom. The molecule has 1 saturated heterocycles. The molecule has 0 saturated carbocycles. The van der Waals surface area contributed by atoms with Gasteiger partial charge < -0.3 is 14.6 Å². The van der Waals surface area contributed by atoms with Crippen LogP contribution in [0.3, 0.4) is 0 Å². The number of aliphatic hydroxyl groups excluding tert-OH is 1. The largest absolute Gasteiger partial charge is 0.392 e. The first-order valence-electron chi connectivity index (χ1n) is 18.4. The quantitative estimate of drug-likeness (QED) is 0.116. The van der Waals surface area contributed by atoms with Gasteiger partial charge in [-0.15, -0.1) is 0 Å². The highest BCUT2D eigenvalue weighted by Gasteiger charge is 2.39. The van der Waals surface area contributed by atoms with Crippen molar-refractivity contribution in [2.24, 2.45) is 5.92 Å². The molecule has 0 aliphatic carbocycles. The number of benzene rings is 6. The van der Waals surface area contributed by atoms with Crippen LogP contribution in [0.1, 0.15) is 52.7 Å². The summed E-state index contributed by atoms with van der Waals surface area (Å²) in [6.07, 6.45) is -1.02. The van der Waals surface area contributed by atoms with Crippen LogP contribution < -0.4 is 4.72 Å². The molecule has 0 radical (unpaired) electrons. The Bertz CT molecular complexity index is 2140. The van der Waals surface area contributed by atoms with Crippen LogP contribution in [0.4, 0.5) is 0 Å². The molecule has 7 rings (SSSR count). The molecule has 8 heteroatoms. The van der Waals surface area contributed by atoms with E-state index in [2.05, 4.69) is 65.1 Å². The Morgan fingerprint density at radius 3 is 1.80 bits per heavy atom. The van der Waals surface area contributed by atoms with Gasteiger partial charge in [0, 0.05) is 37.7 Å². The summed E-state index contributed by atoms with van der Waals surface area (Å²) in [4.78, 5) is 2.68. The van der Waals surface area contributed by atoms with E-state index in [9.17, 15) is 13.5 Å². The molecule has 2 N–H and O–H groups in total. The van der Waals surface area contributed by atoms with Crippen molar-refractivity contribution in [1.82, 2.24) is 9.62 Å². The lowest BCUT2D eigenvalue weighted by Crippen LogP contribution is -2.44. The smallest absolute Gasteiger partial charge is 0.240 e. The number of hydrogen-bond acceptors (Lipinski definition) is 6. The molecule has 276 valence electrons. The summed E-state index contributed by atoms with van der Waals surface area (Å²) in [7, 11) is -3.66. The third kappa shape index (κ3) is 9.22. The van der Waals surface area contributed by atoms with Gasteiger partial charge in [-0.2, -0.15) is 0 Å². The maximum atomic E-state index is 13.0. The zero-order chi connectivity index (χ0) is 37.3. The summed E-state index contributed by atoms with van der Waals surface area (Å²) in [5.41, 5.74) is 8.04. The third-order valence-corrected chi connectivity index (χ3v) is 11.5. The Morgan fingerprint density at radius 2 is 1.19 bits per heavy atom. The molecule has 0 spiro atoms. The van der Waals surface area contributed by atoms with Crippen molar-refractivity contribution in [3.63, 3.8) is 0 Å². The summed E-state index contributed by atoms with van der Waals surface area (Å²) in [5, 5.41) is 9.71. The van der Waals surface area contributed by atoms with E-state index in [4.69, 9.17) is 9.47 Å². The highest BCUT2D eigenvalue weighted by molar-refractivity contribution is 7.89. The van der Waals surface area contributed by atoms with Crippen molar-refractivity contribution in [2.75, 3.05) is 6.54 Å². The lowest BCUT2D eigenvalue weighted by atomic mass is 9.89. The number of hydrogen-bond donors (Lipinski definition) is 2. The molecule has 6 aromatic rings. The zero-order valence-corrected chi connectivity index (χ0v) is 31.2. The normalized spacial score (nSPS) is 18.8. The predicted molar refractivity (Wildman–Crippen MR) is 212 cm³/mol. The van der Waals surface area contributed by atoms with Gasteiger partial charge in [-0.1, -0.05) is 159 Å². The van der Waals surface area contributed by atoms with Crippen molar-refractivity contribution in [3.8, 4) is 11.1 Å². The van der Waals surface area contributed by atoms with E-state index >= 15 is 0 Å². The van der Waals surface area contributed by atoms with Gasteiger partial charge in [-0.05, 0) is 51.1 Å². The molecular formula is C46H46N2O5S. The molecule has 1 aliphatic heterocycles.